The van der Waals surface area contributed by atoms with Gasteiger partial charge in [-0.25, -0.2) is 8.42 Å². The first-order valence-corrected chi connectivity index (χ1v) is 8.69. The zero-order valence-electron chi connectivity index (χ0n) is 11.4. The van der Waals surface area contributed by atoms with Crippen LogP contribution in [0.3, 0.4) is 0 Å². The molecule has 1 heterocycles. The van der Waals surface area contributed by atoms with Crippen molar-refractivity contribution < 1.29 is 22.7 Å². The number of hydrogen-bond donors (Lipinski definition) is 0. The van der Waals surface area contributed by atoms with Crippen LogP contribution in [0.4, 0.5) is 0 Å². The van der Waals surface area contributed by atoms with E-state index in [-0.39, 0.29) is 24.2 Å². The van der Waals surface area contributed by atoms with Crippen LogP contribution in [0.25, 0.3) is 0 Å². The largest absolute Gasteiger partial charge is 0.376 e. The highest BCUT2D eigenvalue weighted by Crippen LogP contribution is 2.32. The Labute approximate surface area is 114 Å². The first-order chi connectivity index (χ1) is 8.92. The molecule has 0 aromatic heterocycles. The third-order valence-electron chi connectivity index (χ3n) is 3.62. The first-order valence-electron chi connectivity index (χ1n) is 6.62. The van der Waals surface area contributed by atoms with Crippen molar-refractivity contribution in [3.8, 4) is 0 Å². The van der Waals surface area contributed by atoms with Gasteiger partial charge in [0.2, 0.25) is 5.91 Å². The maximum Gasteiger partial charge on any atom is 0.238 e. The number of amides is 1. The third-order valence-corrected chi connectivity index (χ3v) is 4.39. The normalized spacial score (nSPS) is 31.3. The minimum atomic E-state index is -3.29. The summed E-state index contributed by atoms with van der Waals surface area (Å²) in [5.74, 6) is -0.742. The molecule has 6 nitrogen and oxygen atoms in total. The molecule has 2 rings (SSSR count). The fraction of sp³-hybridized carbons (Fsp3) is 0.917. The molecule has 1 aliphatic heterocycles. The topological polar surface area (TPSA) is 72.9 Å². The van der Waals surface area contributed by atoms with Gasteiger partial charge in [-0.15, -0.1) is 0 Å². The highest BCUT2D eigenvalue weighted by atomic mass is 32.2. The summed E-state index contributed by atoms with van der Waals surface area (Å²) in [4.78, 5) is 13.7. The van der Waals surface area contributed by atoms with E-state index >= 15 is 0 Å². The third kappa shape index (κ3) is 3.46. The van der Waals surface area contributed by atoms with E-state index in [4.69, 9.17) is 9.47 Å². The Kier molecular flexibility index (Phi) is 4.47. The van der Waals surface area contributed by atoms with E-state index in [0.717, 1.165) is 19.1 Å². The lowest BCUT2D eigenvalue weighted by molar-refractivity contribution is -0.148. The van der Waals surface area contributed by atoms with Crippen molar-refractivity contribution in [3.63, 3.8) is 0 Å². The van der Waals surface area contributed by atoms with Crippen LogP contribution in [0.15, 0.2) is 0 Å². The number of rotatable bonds is 4. The summed E-state index contributed by atoms with van der Waals surface area (Å²) in [5, 5.41) is 0. The van der Waals surface area contributed by atoms with Crippen LogP contribution in [0.1, 0.15) is 19.8 Å². The highest BCUT2D eigenvalue weighted by Gasteiger charge is 2.45. The molecular weight excluding hydrogens is 270 g/mol. The second-order valence-corrected chi connectivity index (χ2v) is 7.27. The Bertz CT molecular complexity index is 435. The number of fused-ring (bicyclic) bond motifs is 1. The van der Waals surface area contributed by atoms with Gasteiger partial charge in [-0.2, -0.15) is 0 Å². The van der Waals surface area contributed by atoms with E-state index in [0.29, 0.717) is 19.8 Å². The summed E-state index contributed by atoms with van der Waals surface area (Å²) in [6.07, 6.45) is 2.65. The molecule has 7 heteroatoms. The number of hydrogen-bond acceptors (Lipinski definition) is 5. The average Bonchev–Trinajstić information content (AvgIpc) is 2.71. The maximum absolute atomic E-state index is 12.1. The van der Waals surface area contributed by atoms with Crippen molar-refractivity contribution in [1.82, 2.24) is 4.90 Å². The van der Waals surface area contributed by atoms with Crippen LogP contribution in [-0.4, -0.2) is 69.2 Å². The Balaban J connectivity index is 2.05. The summed E-state index contributed by atoms with van der Waals surface area (Å²) in [5.41, 5.74) is 0. The van der Waals surface area contributed by atoms with Crippen LogP contribution >= 0.6 is 0 Å². The van der Waals surface area contributed by atoms with E-state index in [9.17, 15) is 13.2 Å². The second-order valence-electron chi connectivity index (χ2n) is 5.13. The Morgan fingerprint density at radius 1 is 1.42 bits per heavy atom. The lowest BCUT2D eigenvalue weighted by atomic mass is 10.1. The lowest BCUT2D eigenvalue weighted by Gasteiger charge is -2.39. The van der Waals surface area contributed by atoms with Gasteiger partial charge in [-0.3, -0.25) is 4.79 Å². The molecule has 1 amide bonds. The predicted molar refractivity (Wildman–Crippen MR) is 69.6 cm³/mol. The van der Waals surface area contributed by atoms with Gasteiger partial charge in [0.05, 0.1) is 18.8 Å². The molecule has 110 valence electrons. The number of morpholine rings is 1. The lowest BCUT2D eigenvalue weighted by Crippen LogP contribution is -2.55. The summed E-state index contributed by atoms with van der Waals surface area (Å²) >= 11 is 0. The molecule has 1 saturated carbocycles. The van der Waals surface area contributed by atoms with E-state index in [1.54, 1.807) is 4.90 Å². The summed E-state index contributed by atoms with van der Waals surface area (Å²) in [7, 11) is -3.29. The molecular formula is C12H21NO5S. The minimum Gasteiger partial charge on any atom is -0.376 e. The zero-order valence-corrected chi connectivity index (χ0v) is 12.2. The molecule has 0 N–H and O–H groups in total. The van der Waals surface area contributed by atoms with Gasteiger partial charge in [0.15, 0.2) is 9.84 Å². The first kappa shape index (κ1) is 14.7. The monoisotopic (exact) mass is 291 g/mol. The van der Waals surface area contributed by atoms with Gasteiger partial charge < -0.3 is 14.4 Å². The van der Waals surface area contributed by atoms with Crippen molar-refractivity contribution in [3.05, 3.63) is 0 Å². The molecule has 2 aliphatic rings. The SMILES string of the molecule is CCO[C@@H]1CC[C@@H]2[C@@H]1OCCN2C(=O)CS(C)(=O)=O. The predicted octanol–water partition coefficient (Wildman–Crippen LogP) is -0.174. The van der Waals surface area contributed by atoms with E-state index in [1.807, 2.05) is 6.92 Å². The fourth-order valence-electron chi connectivity index (χ4n) is 2.92. The van der Waals surface area contributed by atoms with Crippen molar-refractivity contribution >= 4 is 15.7 Å². The minimum absolute atomic E-state index is 0.0174. The number of nitrogens with zero attached hydrogens (tertiary/aromatic N) is 1. The molecule has 3 atom stereocenters. The number of sulfone groups is 1. The summed E-state index contributed by atoms with van der Waals surface area (Å²) in [6.45, 7) is 3.46. The maximum atomic E-state index is 12.1. The molecule has 1 aliphatic carbocycles. The Hall–Kier alpha value is -0.660. The van der Waals surface area contributed by atoms with Gasteiger partial charge in [0, 0.05) is 19.4 Å². The molecule has 2 fully saturated rings. The van der Waals surface area contributed by atoms with Gasteiger partial charge in [0.25, 0.3) is 0 Å². The molecule has 19 heavy (non-hydrogen) atoms. The van der Waals surface area contributed by atoms with Crippen LogP contribution in [0, 0.1) is 0 Å². The molecule has 0 bridgehead atoms. The molecule has 0 radical (unpaired) electrons. The number of carbonyl (C=O) groups excluding carboxylic acids is 1. The van der Waals surface area contributed by atoms with Crippen LogP contribution in [0.5, 0.6) is 0 Å². The van der Waals surface area contributed by atoms with Gasteiger partial charge in [0.1, 0.15) is 11.9 Å². The molecule has 0 aromatic carbocycles. The van der Waals surface area contributed by atoms with Crippen molar-refractivity contribution in [2.75, 3.05) is 31.8 Å². The molecule has 0 spiro atoms. The van der Waals surface area contributed by atoms with E-state index in [2.05, 4.69) is 0 Å². The molecule has 1 saturated heterocycles. The fourth-order valence-corrected chi connectivity index (χ4v) is 3.54. The molecule has 0 unspecified atom stereocenters. The van der Waals surface area contributed by atoms with Crippen LogP contribution < -0.4 is 0 Å². The molecule has 0 aromatic rings. The van der Waals surface area contributed by atoms with Crippen LogP contribution in [-0.2, 0) is 24.1 Å². The van der Waals surface area contributed by atoms with Crippen molar-refractivity contribution in [1.29, 1.82) is 0 Å². The second kappa shape index (κ2) is 5.76. The quantitative estimate of drug-likeness (QED) is 0.719. The smallest absolute Gasteiger partial charge is 0.238 e. The number of ether oxygens (including phenoxy) is 2. The van der Waals surface area contributed by atoms with Gasteiger partial charge in [-0.1, -0.05) is 0 Å². The summed E-state index contributed by atoms with van der Waals surface area (Å²) in [6, 6.07) is -0.0421. The van der Waals surface area contributed by atoms with Crippen molar-refractivity contribution in [2.45, 2.75) is 38.0 Å². The average molecular weight is 291 g/mol. The number of carbonyl (C=O) groups is 1. The van der Waals surface area contributed by atoms with Gasteiger partial charge in [-0.05, 0) is 19.8 Å². The van der Waals surface area contributed by atoms with Crippen LogP contribution in [0.2, 0.25) is 0 Å². The standard InChI is InChI=1S/C12H21NO5S/c1-3-17-10-5-4-9-12(10)18-7-6-13(9)11(14)8-19(2,15)16/h9-10,12H,3-8H2,1-2H3/t9-,10-,12+/m1/s1. The highest BCUT2D eigenvalue weighted by molar-refractivity contribution is 7.91. The van der Waals surface area contributed by atoms with E-state index in [1.165, 1.54) is 0 Å². The van der Waals surface area contributed by atoms with Crippen molar-refractivity contribution in [2.24, 2.45) is 0 Å². The zero-order chi connectivity index (χ0) is 14.0. The van der Waals surface area contributed by atoms with E-state index < -0.39 is 15.6 Å². The Morgan fingerprint density at radius 2 is 2.16 bits per heavy atom. The summed E-state index contributed by atoms with van der Waals surface area (Å²) < 4.78 is 33.8. The van der Waals surface area contributed by atoms with Gasteiger partial charge >= 0.3 is 0 Å². The Morgan fingerprint density at radius 3 is 2.79 bits per heavy atom.